The van der Waals surface area contributed by atoms with Crippen LogP contribution in [0.2, 0.25) is 0 Å². The van der Waals surface area contributed by atoms with E-state index in [1.165, 1.54) is 29.2 Å². The van der Waals surface area contributed by atoms with Crippen LogP contribution >= 0.6 is 0 Å². The van der Waals surface area contributed by atoms with Gasteiger partial charge in [0.15, 0.2) is 9.84 Å². The molecule has 194 valence electrons. The summed E-state index contributed by atoms with van der Waals surface area (Å²) >= 11 is 0. The molecule has 0 spiro atoms. The SMILES string of the molecule is CS(=O)(=O)c1cccc(C(=O)N2[C@@H](C(=O)N[C@@H](c3ccc(C(F)(F)F)c(F)c3)C3CC3)C[C@H]3C#C[C@H]32)c1. The summed E-state index contributed by atoms with van der Waals surface area (Å²) in [5.41, 5.74) is -1.06. The van der Waals surface area contributed by atoms with Crippen LogP contribution in [0.3, 0.4) is 0 Å². The zero-order chi connectivity index (χ0) is 26.7. The second-order valence-corrected chi connectivity index (χ2v) is 11.7. The second kappa shape index (κ2) is 8.87. The molecule has 2 amide bonds. The fraction of sp³-hybridized carbons (Fsp3) is 0.385. The van der Waals surface area contributed by atoms with Gasteiger partial charge < -0.3 is 10.2 Å². The third-order valence-electron chi connectivity index (χ3n) is 7.01. The molecule has 2 aliphatic carbocycles. The minimum absolute atomic E-state index is 0.0343. The predicted molar refractivity (Wildman–Crippen MR) is 124 cm³/mol. The van der Waals surface area contributed by atoms with Gasteiger partial charge in [-0.2, -0.15) is 13.2 Å². The molecule has 2 fully saturated rings. The highest BCUT2D eigenvalue weighted by Crippen LogP contribution is 2.43. The maximum Gasteiger partial charge on any atom is 0.419 e. The van der Waals surface area contributed by atoms with Gasteiger partial charge in [0, 0.05) is 11.8 Å². The number of alkyl halides is 3. The van der Waals surface area contributed by atoms with E-state index in [1.54, 1.807) is 0 Å². The minimum atomic E-state index is -4.83. The van der Waals surface area contributed by atoms with Gasteiger partial charge in [0.2, 0.25) is 5.91 Å². The normalized spacial score (nSPS) is 23.4. The van der Waals surface area contributed by atoms with Crippen LogP contribution in [0.4, 0.5) is 17.6 Å². The lowest BCUT2D eigenvalue weighted by Gasteiger charge is -2.31. The molecule has 0 radical (unpaired) electrons. The number of hydrogen-bond donors (Lipinski definition) is 1. The van der Waals surface area contributed by atoms with Crippen molar-refractivity contribution in [1.29, 1.82) is 0 Å². The second-order valence-electron chi connectivity index (χ2n) is 9.66. The molecule has 4 atom stereocenters. The monoisotopic (exact) mass is 534 g/mol. The summed E-state index contributed by atoms with van der Waals surface area (Å²) < 4.78 is 77.2. The van der Waals surface area contributed by atoms with E-state index in [9.17, 15) is 35.6 Å². The van der Waals surface area contributed by atoms with Gasteiger partial charge in [-0.25, -0.2) is 12.8 Å². The Morgan fingerprint density at radius 3 is 2.41 bits per heavy atom. The first-order chi connectivity index (χ1) is 17.3. The van der Waals surface area contributed by atoms with Crippen molar-refractivity contribution in [2.75, 3.05) is 6.26 Å². The van der Waals surface area contributed by atoms with Crippen molar-refractivity contribution < 1.29 is 35.6 Å². The van der Waals surface area contributed by atoms with Crippen LogP contribution in [0.15, 0.2) is 47.4 Å². The Labute approximate surface area is 210 Å². The zero-order valence-corrected chi connectivity index (χ0v) is 20.4. The summed E-state index contributed by atoms with van der Waals surface area (Å²) in [4.78, 5) is 28.2. The lowest BCUT2D eigenvalue weighted by molar-refractivity contribution is -0.140. The third-order valence-corrected chi connectivity index (χ3v) is 8.12. The van der Waals surface area contributed by atoms with Gasteiger partial charge in [0.1, 0.15) is 17.9 Å². The highest BCUT2D eigenvalue weighted by atomic mass is 32.2. The van der Waals surface area contributed by atoms with Gasteiger partial charge in [-0.15, -0.1) is 0 Å². The highest BCUT2D eigenvalue weighted by molar-refractivity contribution is 7.90. The molecule has 11 heteroatoms. The number of sulfone groups is 1. The molecular weight excluding hydrogens is 512 g/mol. The zero-order valence-electron chi connectivity index (χ0n) is 19.5. The van der Waals surface area contributed by atoms with Crippen LogP contribution in [0, 0.1) is 29.5 Å². The van der Waals surface area contributed by atoms with E-state index >= 15 is 0 Å². The Kier molecular flexibility index (Phi) is 6.06. The fourth-order valence-corrected chi connectivity index (χ4v) is 5.56. The summed E-state index contributed by atoms with van der Waals surface area (Å²) in [5, 5.41) is 2.83. The van der Waals surface area contributed by atoms with Crippen LogP contribution < -0.4 is 5.32 Å². The van der Waals surface area contributed by atoms with E-state index in [-0.39, 0.29) is 34.3 Å². The number of amides is 2. The van der Waals surface area contributed by atoms with Crippen LogP contribution in [0.25, 0.3) is 0 Å². The van der Waals surface area contributed by atoms with Gasteiger partial charge in [0.25, 0.3) is 5.91 Å². The molecule has 1 saturated heterocycles. The van der Waals surface area contributed by atoms with E-state index in [4.69, 9.17) is 0 Å². The first kappa shape index (κ1) is 25.3. The highest BCUT2D eigenvalue weighted by Gasteiger charge is 2.50. The summed E-state index contributed by atoms with van der Waals surface area (Å²) in [6.07, 6.45) is -2.11. The Bertz CT molecular complexity index is 1460. The average molecular weight is 535 g/mol. The smallest absolute Gasteiger partial charge is 0.347 e. The molecule has 37 heavy (non-hydrogen) atoms. The van der Waals surface area contributed by atoms with Crippen molar-refractivity contribution in [3.05, 3.63) is 65.0 Å². The Balaban J connectivity index is 1.40. The number of rotatable bonds is 6. The summed E-state index contributed by atoms with van der Waals surface area (Å²) in [5.74, 6) is 3.05. The largest absolute Gasteiger partial charge is 0.419 e. The molecule has 1 saturated carbocycles. The number of carbonyl (C=O) groups excluding carboxylic acids is 2. The number of likely N-dealkylation sites (tertiary alicyclic amines) is 1. The molecule has 2 aromatic rings. The molecule has 0 unspecified atom stereocenters. The number of halogens is 4. The van der Waals surface area contributed by atoms with Gasteiger partial charge in [-0.3, -0.25) is 9.59 Å². The number of fused-ring (bicyclic) bond motifs is 1. The lowest BCUT2D eigenvalue weighted by atomic mass is 9.92. The number of benzene rings is 2. The summed E-state index contributed by atoms with van der Waals surface area (Å²) in [6.45, 7) is 0. The standard InChI is InChI=1S/C26H22F4N2O4S/c1-37(35,36)18-4-2-3-17(11-18)25(34)32-21-10-8-15(21)13-22(32)24(33)31-23(14-5-6-14)16-7-9-19(20(27)12-16)26(28,29)30/h2-4,7,9,11-12,14-15,21-23H,5-6,13H2,1H3,(H,31,33)/t15-,21-,22-,23-/m1/s1. The first-order valence-electron chi connectivity index (χ1n) is 11.7. The Morgan fingerprint density at radius 2 is 1.84 bits per heavy atom. The quantitative estimate of drug-likeness (QED) is 0.452. The van der Waals surface area contributed by atoms with Gasteiger partial charge >= 0.3 is 6.18 Å². The van der Waals surface area contributed by atoms with Crippen molar-refractivity contribution in [3.63, 3.8) is 0 Å². The van der Waals surface area contributed by atoms with Gasteiger partial charge in [0.05, 0.1) is 22.4 Å². The topological polar surface area (TPSA) is 83.6 Å². The maximum atomic E-state index is 14.3. The Hall–Kier alpha value is -3.39. The maximum absolute atomic E-state index is 14.3. The van der Waals surface area contributed by atoms with Crippen LogP contribution in [0.5, 0.6) is 0 Å². The van der Waals surface area contributed by atoms with E-state index < -0.39 is 57.3 Å². The van der Waals surface area contributed by atoms with E-state index in [2.05, 4.69) is 17.2 Å². The van der Waals surface area contributed by atoms with Crippen molar-refractivity contribution in [1.82, 2.24) is 10.2 Å². The molecular formula is C26H22F4N2O4S. The van der Waals surface area contributed by atoms with Gasteiger partial charge in [-0.05, 0) is 61.1 Å². The average Bonchev–Trinajstić information content (AvgIpc) is 3.60. The number of hydrogen-bond acceptors (Lipinski definition) is 4. The third kappa shape index (κ3) is 4.82. The van der Waals surface area contributed by atoms with Crippen molar-refractivity contribution >= 4 is 21.7 Å². The van der Waals surface area contributed by atoms with Crippen LogP contribution in [0.1, 0.15) is 46.8 Å². The molecule has 3 aliphatic rings. The molecule has 0 aromatic heterocycles. The Morgan fingerprint density at radius 1 is 1.11 bits per heavy atom. The van der Waals surface area contributed by atoms with Crippen molar-refractivity contribution in [2.45, 2.75) is 48.5 Å². The minimum Gasteiger partial charge on any atom is -0.347 e. The number of carbonyl (C=O) groups is 2. The number of nitrogens with one attached hydrogen (secondary N) is 1. The lowest BCUT2D eigenvalue weighted by Crippen LogP contribution is -2.50. The van der Waals surface area contributed by atoms with E-state index in [0.29, 0.717) is 18.9 Å². The van der Waals surface area contributed by atoms with E-state index in [0.717, 1.165) is 18.4 Å². The first-order valence-corrected chi connectivity index (χ1v) is 13.5. The summed E-state index contributed by atoms with van der Waals surface area (Å²) in [7, 11) is -3.57. The van der Waals surface area contributed by atoms with Crippen molar-refractivity contribution in [3.8, 4) is 11.8 Å². The molecule has 1 aliphatic heterocycles. The predicted octanol–water partition coefficient (Wildman–Crippen LogP) is 3.73. The van der Waals surface area contributed by atoms with Gasteiger partial charge in [-0.1, -0.05) is 24.0 Å². The molecule has 5 rings (SSSR count). The van der Waals surface area contributed by atoms with Crippen molar-refractivity contribution in [2.24, 2.45) is 11.8 Å². The molecule has 1 heterocycles. The molecule has 2 aromatic carbocycles. The number of nitrogens with zero attached hydrogens (tertiary/aromatic N) is 1. The van der Waals surface area contributed by atoms with E-state index in [1.807, 2.05) is 0 Å². The summed E-state index contributed by atoms with van der Waals surface area (Å²) in [6, 6.07) is 6.00. The molecule has 1 N–H and O–H groups in total. The fourth-order valence-electron chi connectivity index (χ4n) is 4.89. The van der Waals surface area contributed by atoms with Crippen LogP contribution in [-0.2, 0) is 20.8 Å². The van der Waals surface area contributed by atoms with Crippen LogP contribution in [-0.4, -0.2) is 43.5 Å². The molecule has 6 nitrogen and oxygen atoms in total. The molecule has 0 bridgehead atoms.